The highest BCUT2D eigenvalue weighted by atomic mass is 16.1. The van der Waals surface area contributed by atoms with Crippen LogP contribution in [0.3, 0.4) is 0 Å². The molecule has 1 aliphatic heterocycles. The molecule has 0 saturated carbocycles. The minimum Gasteiger partial charge on any atom is -0.267 e. The molecule has 4 nitrogen and oxygen atoms in total. The van der Waals surface area contributed by atoms with E-state index < -0.39 is 0 Å². The van der Waals surface area contributed by atoms with Gasteiger partial charge in [-0.1, -0.05) is 0 Å². The second-order valence-corrected chi connectivity index (χ2v) is 1.90. The topological polar surface area (TPSA) is 55.2 Å². The smallest absolute Gasteiger partial charge is 0.267 e. The van der Waals surface area contributed by atoms with E-state index in [9.17, 15) is 4.79 Å². The Balaban J connectivity index is 2.96. The molecule has 0 aromatic carbocycles. The molecule has 0 N–H and O–H groups in total. The molecule has 2 rings (SSSR count). The first-order chi connectivity index (χ1) is 4.86. The number of fused-ring (bicyclic) bond motifs is 1. The maximum Gasteiger partial charge on any atom is 0.272 e. The summed E-state index contributed by atoms with van der Waals surface area (Å²) in [5, 5.41) is 7.97. The molecule has 0 fully saturated rings. The number of nitrogens with zero attached hydrogens (tertiary/aromatic N) is 3. The number of amides is 1. The van der Waals surface area contributed by atoms with Crippen molar-refractivity contribution in [3.63, 3.8) is 0 Å². The fraction of sp³-hybridized carbons (Fsp3) is 0. The van der Waals surface area contributed by atoms with E-state index in [2.05, 4.69) is 15.2 Å². The molecule has 1 aliphatic rings. The van der Waals surface area contributed by atoms with Crippen LogP contribution in [0.2, 0.25) is 0 Å². The number of hydrogen-bond acceptors (Lipinski definition) is 3. The van der Waals surface area contributed by atoms with Gasteiger partial charge in [-0.3, -0.25) is 4.79 Å². The van der Waals surface area contributed by atoms with Crippen molar-refractivity contribution < 1.29 is 4.79 Å². The molecule has 0 aliphatic carbocycles. The molecule has 1 aromatic heterocycles. The predicted molar refractivity (Wildman–Crippen MR) is 32.3 cm³/mol. The summed E-state index contributed by atoms with van der Waals surface area (Å²) in [6, 6.07) is 1.71. The van der Waals surface area contributed by atoms with Gasteiger partial charge < -0.3 is 0 Å². The van der Waals surface area contributed by atoms with E-state index in [-0.39, 0.29) is 5.91 Å². The summed E-state index contributed by atoms with van der Waals surface area (Å²) in [7, 11) is 0. The van der Waals surface area contributed by atoms with Crippen LogP contribution in [0.1, 0.15) is 0 Å². The van der Waals surface area contributed by atoms with Crippen molar-refractivity contribution in [2.45, 2.75) is 0 Å². The maximum atomic E-state index is 10.6. The van der Waals surface area contributed by atoms with Gasteiger partial charge in [-0.05, 0) is 6.07 Å². The zero-order valence-electron chi connectivity index (χ0n) is 4.98. The first kappa shape index (κ1) is 5.22. The summed E-state index contributed by atoms with van der Waals surface area (Å²) in [6.07, 6.45) is 2.97. The second kappa shape index (κ2) is 1.70. The lowest BCUT2D eigenvalue weighted by Gasteiger charge is -1.75. The summed E-state index contributed by atoms with van der Waals surface area (Å²) < 4.78 is 0. The Labute approximate surface area is 55.9 Å². The van der Waals surface area contributed by atoms with E-state index in [0.717, 1.165) is 5.22 Å². The van der Waals surface area contributed by atoms with Crippen molar-refractivity contribution in [2.24, 2.45) is 4.99 Å². The number of aromatic nitrogens is 2. The lowest BCUT2D eigenvalue weighted by molar-refractivity contribution is -0.112. The van der Waals surface area contributed by atoms with Gasteiger partial charge in [-0.25, -0.2) is 0 Å². The van der Waals surface area contributed by atoms with E-state index in [1.54, 1.807) is 6.07 Å². The van der Waals surface area contributed by atoms with Gasteiger partial charge in [-0.15, -0.1) is 5.10 Å². The van der Waals surface area contributed by atoms with Gasteiger partial charge in [0.15, 0.2) is 5.49 Å². The van der Waals surface area contributed by atoms with Gasteiger partial charge >= 0.3 is 0 Å². The van der Waals surface area contributed by atoms with Gasteiger partial charge in [0, 0.05) is 11.3 Å². The highest BCUT2D eigenvalue weighted by Gasteiger charge is 2.01. The summed E-state index contributed by atoms with van der Waals surface area (Å²) in [4.78, 5) is 14.2. The normalized spacial score (nSPS) is 13.8. The molecular weight excluding hydrogens is 130 g/mol. The molecule has 0 atom stereocenters. The van der Waals surface area contributed by atoms with E-state index >= 15 is 0 Å². The fourth-order valence-electron chi connectivity index (χ4n) is 0.803. The van der Waals surface area contributed by atoms with Gasteiger partial charge in [0.1, 0.15) is 0 Å². The number of carbonyl (C=O) groups excluding carboxylic acids is 1. The third-order valence-electron chi connectivity index (χ3n) is 1.23. The Bertz CT molecular complexity index is 359. The van der Waals surface area contributed by atoms with Crippen LogP contribution in [0.25, 0.3) is 6.08 Å². The zero-order chi connectivity index (χ0) is 6.97. The van der Waals surface area contributed by atoms with Crippen LogP contribution in [-0.4, -0.2) is 16.1 Å². The molecule has 4 heteroatoms. The largest absolute Gasteiger partial charge is 0.272 e. The fourth-order valence-corrected chi connectivity index (χ4v) is 0.803. The zero-order valence-corrected chi connectivity index (χ0v) is 4.98. The lowest BCUT2D eigenvalue weighted by atomic mass is 10.4. The molecule has 0 bridgehead atoms. The van der Waals surface area contributed by atoms with Crippen molar-refractivity contribution in [3.05, 3.63) is 23.0 Å². The van der Waals surface area contributed by atoms with Gasteiger partial charge in [-0.2, -0.15) is 10.1 Å². The number of hydrogen-bond donors (Lipinski definition) is 0. The Morgan fingerprint density at radius 3 is 3.10 bits per heavy atom. The Kier molecular flexibility index (Phi) is 0.887. The molecule has 0 spiro atoms. The van der Waals surface area contributed by atoms with Crippen molar-refractivity contribution in [1.82, 2.24) is 10.2 Å². The summed E-state index contributed by atoms with van der Waals surface area (Å²) >= 11 is 0. The van der Waals surface area contributed by atoms with Crippen LogP contribution in [0.5, 0.6) is 0 Å². The van der Waals surface area contributed by atoms with E-state index in [0.29, 0.717) is 5.49 Å². The van der Waals surface area contributed by atoms with Crippen LogP contribution in [-0.2, 0) is 4.79 Å². The lowest BCUT2D eigenvalue weighted by Crippen LogP contribution is -2.25. The minimum absolute atomic E-state index is 0.254. The standard InChI is InChI=1S/C6H3N3O/c10-5-3-4-1-2-7-9-6(4)8-5/h1-3H. The van der Waals surface area contributed by atoms with Crippen LogP contribution in [0.4, 0.5) is 0 Å². The second-order valence-electron chi connectivity index (χ2n) is 1.90. The summed E-state index contributed by atoms with van der Waals surface area (Å²) in [6.45, 7) is 0. The van der Waals surface area contributed by atoms with Crippen LogP contribution in [0.15, 0.2) is 17.3 Å². The van der Waals surface area contributed by atoms with E-state index in [1.807, 2.05) is 0 Å². The molecule has 10 heavy (non-hydrogen) atoms. The van der Waals surface area contributed by atoms with Crippen LogP contribution < -0.4 is 10.7 Å². The average Bonchev–Trinajstić information content (AvgIpc) is 2.27. The molecule has 0 saturated heterocycles. The third kappa shape index (κ3) is 0.621. The molecule has 1 aromatic rings. The average molecular weight is 133 g/mol. The van der Waals surface area contributed by atoms with Crippen molar-refractivity contribution in [1.29, 1.82) is 0 Å². The maximum absolute atomic E-state index is 10.6. The monoisotopic (exact) mass is 133 g/mol. The van der Waals surface area contributed by atoms with Crippen molar-refractivity contribution in [2.75, 3.05) is 0 Å². The molecule has 2 heterocycles. The Morgan fingerprint density at radius 2 is 2.30 bits per heavy atom. The van der Waals surface area contributed by atoms with Gasteiger partial charge in [0.05, 0.1) is 6.20 Å². The Morgan fingerprint density at radius 1 is 1.40 bits per heavy atom. The molecule has 1 amide bonds. The Hall–Kier alpha value is -1.58. The molecular formula is C6H3N3O. The van der Waals surface area contributed by atoms with E-state index in [4.69, 9.17) is 0 Å². The highest BCUT2D eigenvalue weighted by Crippen LogP contribution is 1.77. The quantitative estimate of drug-likeness (QED) is 0.429. The first-order valence-corrected chi connectivity index (χ1v) is 2.78. The molecule has 0 unspecified atom stereocenters. The third-order valence-corrected chi connectivity index (χ3v) is 1.23. The summed E-state index contributed by atoms with van der Waals surface area (Å²) in [5.41, 5.74) is 0.424. The first-order valence-electron chi connectivity index (χ1n) is 2.78. The van der Waals surface area contributed by atoms with Crippen LogP contribution >= 0.6 is 0 Å². The molecule has 0 radical (unpaired) electrons. The minimum atomic E-state index is -0.254. The SMILES string of the molecule is O=C1C=c2ccnnc2=N1. The highest BCUT2D eigenvalue weighted by molar-refractivity contribution is 6.06. The van der Waals surface area contributed by atoms with Crippen molar-refractivity contribution >= 4 is 12.0 Å². The molecule has 48 valence electrons. The van der Waals surface area contributed by atoms with Crippen LogP contribution in [0, 0.1) is 0 Å². The predicted octanol–water partition coefficient (Wildman–Crippen LogP) is -1.58. The van der Waals surface area contributed by atoms with Gasteiger partial charge in [0.25, 0.3) is 5.91 Å². The number of rotatable bonds is 0. The van der Waals surface area contributed by atoms with E-state index in [1.165, 1.54) is 12.3 Å². The summed E-state index contributed by atoms with van der Waals surface area (Å²) in [5.74, 6) is -0.254. The number of carbonyl (C=O) groups is 1. The van der Waals surface area contributed by atoms with Crippen molar-refractivity contribution in [3.8, 4) is 0 Å². The van der Waals surface area contributed by atoms with Gasteiger partial charge in [0.2, 0.25) is 0 Å².